The fraction of sp³-hybridized carbons (Fsp3) is 0.722. The minimum absolute atomic E-state index is 0.0389. The number of likely N-dealkylation sites (tertiary alicyclic amines) is 1. The molecule has 0 unspecified atom stereocenters. The van der Waals surface area contributed by atoms with E-state index in [1.54, 1.807) is 4.90 Å². The molecule has 2 saturated heterocycles. The summed E-state index contributed by atoms with van der Waals surface area (Å²) in [5.41, 5.74) is 0. The van der Waals surface area contributed by atoms with E-state index >= 15 is 0 Å². The molecule has 2 rings (SSSR count). The molecule has 8 heteroatoms. The topological polar surface area (TPSA) is 108 Å². The Kier molecular flexibility index (Phi) is 7.88. The Hall–Kier alpha value is -2.11. The van der Waals surface area contributed by atoms with Gasteiger partial charge in [-0.05, 0) is 38.8 Å². The van der Waals surface area contributed by atoms with E-state index in [0.717, 1.165) is 32.4 Å². The van der Waals surface area contributed by atoms with Crippen molar-refractivity contribution in [1.82, 2.24) is 15.5 Å². The van der Waals surface area contributed by atoms with Crippen molar-refractivity contribution in [2.45, 2.75) is 31.8 Å². The molecule has 2 aliphatic rings. The van der Waals surface area contributed by atoms with Crippen molar-refractivity contribution in [2.24, 2.45) is 11.8 Å². The second kappa shape index (κ2) is 10.1. The summed E-state index contributed by atoms with van der Waals surface area (Å²) >= 11 is 0. The van der Waals surface area contributed by atoms with Crippen LogP contribution in [0.1, 0.15) is 25.7 Å². The van der Waals surface area contributed by atoms with Crippen molar-refractivity contribution >= 4 is 17.8 Å². The molecule has 2 atom stereocenters. The summed E-state index contributed by atoms with van der Waals surface area (Å²) < 4.78 is 5.69. The molecule has 26 heavy (non-hydrogen) atoms. The second-order valence-corrected chi connectivity index (χ2v) is 6.74. The molecule has 2 amide bonds. The van der Waals surface area contributed by atoms with Gasteiger partial charge in [0.25, 0.3) is 0 Å². The van der Waals surface area contributed by atoms with Gasteiger partial charge in [-0.3, -0.25) is 14.4 Å². The van der Waals surface area contributed by atoms with E-state index in [-0.39, 0.29) is 37.0 Å². The zero-order valence-electron chi connectivity index (χ0n) is 14.9. The molecular formula is C18H27N3O5. The molecule has 3 N–H and O–H groups in total. The maximum absolute atomic E-state index is 12.4. The highest BCUT2D eigenvalue weighted by Crippen LogP contribution is 2.17. The minimum atomic E-state index is -1.14. The van der Waals surface area contributed by atoms with Crippen molar-refractivity contribution in [3.05, 3.63) is 0 Å². The Labute approximate surface area is 153 Å². The largest absolute Gasteiger partial charge is 0.480 e. The van der Waals surface area contributed by atoms with E-state index in [2.05, 4.69) is 16.6 Å². The monoisotopic (exact) mass is 365 g/mol. The highest BCUT2D eigenvalue weighted by molar-refractivity contribution is 5.82. The smallest absolute Gasteiger partial charge is 0.320 e. The van der Waals surface area contributed by atoms with Gasteiger partial charge >= 0.3 is 5.97 Å². The average molecular weight is 365 g/mol. The lowest BCUT2D eigenvalue weighted by molar-refractivity contribution is -0.142. The van der Waals surface area contributed by atoms with Crippen LogP contribution in [-0.4, -0.2) is 73.2 Å². The van der Waals surface area contributed by atoms with E-state index in [1.807, 2.05) is 0 Å². The first kappa shape index (κ1) is 20.2. The van der Waals surface area contributed by atoms with E-state index in [9.17, 15) is 14.4 Å². The summed E-state index contributed by atoms with van der Waals surface area (Å²) in [4.78, 5) is 37.2. The van der Waals surface area contributed by atoms with Crippen molar-refractivity contribution in [1.29, 1.82) is 0 Å². The number of rotatable bonds is 7. The Balaban J connectivity index is 1.76. The first-order valence-electron chi connectivity index (χ1n) is 9.08. The average Bonchev–Trinajstić information content (AvgIpc) is 2.67. The summed E-state index contributed by atoms with van der Waals surface area (Å²) in [5.74, 6) is -0.757. The molecule has 2 fully saturated rings. The summed E-state index contributed by atoms with van der Waals surface area (Å²) in [6.45, 7) is 2.68. The maximum atomic E-state index is 12.4. The van der Waals surface area contributed by atoms with Crippen molar-refractivity contribution in [2.75, 3.05) is 39.3 Å². The molecule has 2 aliphatic heterocycles. The summed E-state index contributed by atoms with van der Waals surface area (Å²) in [6.07, 6.45) is 8.45. The summed E-state index contributed by atoms with van der Waals surface area (Å²) in [5, 5.41) is 14.7. The van der Waals surface area contributed by atoms with Gasteiger partial charge in [0.15, 0.2) is 0 Å². The Morgan fingerprint density at radius 1 is 1.31 bits per heavy atom. The number of carbonyl (C=O) groups excluding carboxylic acids is 2. The molecule has 2 heterocycles. The van der Waals surface area contributed by atoms with Crippen LogP contribution >= 0.6 is 0 Å². The third-order valence-corrected chi connectivity index (χ3v) is 4.85. The molecule has 0 aromatic carbocycles. The van der Waals surface area contributed by atoms with E-state index in [4.69, 9.17) is 16.3 Å². The van der Waals surface area contributed by atoms with Crippen LogP contribution < -0.4 is 10.6 Å². The normalized spacial score (nSPS) is 22.3. The number of piperidine rings is 2. The number of nitrogens with zero attached hydrogens (tertiary/aromatic N) is 1. The van der Waals surface area contributed by atoms with Crippen LogP contribution in [0, 0.1) is 24.2 Å². The molecule has 0 saturated carbocycles. The van der Waals surface area contributed by atoms with Crippen LogP contribution in [0.2, 0.25) is 0 Å². The quantitative estimate of drug-likeness (QED) is 0.522. The molecule has 0 aromatic heterocycles. The minimum Gasteiger partial charge on any atom is -0.480 e. The van der Waals surface area contributed by atoms with Crippen LogP contribution in [0.15, 0.2) is 0 Å². The SMILES string of the molecule is C#C[C@H](CNC(=O)[C@@H]1CCCN(C(=O)COC2CCNCC2)C1)C(=O)O. The van der Waals surface area contributed by atoms with Crippen LogP contribution in [-0.2, 0) is 19.1 Å². The highest BCUT2D eigenvalue weighted by Gasteiger charge is 2.29. The van der Waals surface area contributed by atoms with Gasteiger partial charge in [0.2, 0.25) is 11.8 Å². The van der Waals surface area contributed by atoms with Crippen molar-refractivity contribution < 1.29 is 24.2 Å². The van der Waals surface area contributed by atoms with Crippen LogP contribution in [0.25, 0.3) is 0 Å². The molecule has 144 valence electrons. The van der Waals surface area contributed by atoms with Crippen LogP contribution in [0.4, 0.5) is 0 Å². The number of ether oxygens (including phenoxy) is 1. The number of aliphatic carboxylic acids is 1. The van der Waals surface area contributed by atoms with Crippen molar-refractivity contribution in [3.63, 3.8) is 0 Å². The van der Waals surface area contributed by atoms with Gasteiger partial charge in [-0.1, -0.05) is 5.92 Å². The Morgan fingerprint density at radius 3 is 2.69 bits per heavy atom. The summed E-state index contributed by atoms with van der Waals surface area (Å²) in [6, 6.07) is 0. The number of carboxylic acid groups (broad SMARTS) is 1. The first-order chi connectivity index (χ1) is 12.5. The fourth-order valence-electron chi connectivity index (χ4n) is 3.22. The number of amides is 2. The molecule has 0 spiro atoms. The number of hydrogen-bond acceptors (Lipinski definition) is 5. The van der Waals surface area contributed by atoms with Gasteiger partial charge in [0, 0.05) is 19.6 Å². The molecule has 8 nitrogen and oxygen atoms in total. The molecule has 0 aromatic rings. The molecule has 0 radical (unpaired) electrons. The first-order valence-corrected chi connectivity index (χ1v) is 9.08. The zero-order valence-corrected chi connectivity index (χ0v) is 14.9. The van der Waals surface area contributed by atoms with Crippen LogP contribution in [0.3, 0.4) is 0 Å². The lowest BCUT2D eigenvalue weighted by atomic mass is 9.96. The number of terminal acetylenes is 1. The standard InChI is InChI=1S/C18H27N3O5/c1-2-13(18(24)25)10-20-17(23)14-4-3-9-21(11-14)16(22)12-26-15-5-7-19-8-6-15/h1,13-15,19H,3-12H2,(H,20,23)(H,24,25)/t13-,14-/m1/s1. The van der Waals surface area contributed by atoms with Gasteiger partial charge in [-0.2, -0.15) is 0 Å². The third-order valence-electron chi connectivity index (χ3n) is 4.85. The predicted molar refractivity (Wildman–Crippen MR) is 94.1 cm³/mol. The molecule has 0 aliphatic carbocycles. The van der Waals surface area contributed by atoms with Gasteiger partial charge < -0.3 is 25.4 Å². The second-order valence-electron chi connectivity index (χ2n) is 6.74. The number of nitrogens with one attached hydrogen (secondary N) is 2. The van der Waals surface area contributed by atoms with Crippen molar-refractivity contribution in [3.8, 4) is 12.3 Å². The van der Waals surface area contributed by atoms with Gasteiger partial charge in [-0.25, -0.2) is 0 Å². The van der Waals surface area contributed by atoms with Gasteiger partial charge in [0.05, 0.1) is 12.0 Å². The molecule has 0 bridgehead atoms. The maximum Gasteiger partial charge on any atom is 0.320 e. The van der Waals surface area contributed by atoms with Gasteiger partial charge in [0.1, 0.15) is 12.5 Å². The molecular weight excluding hydrogens is 338 g/mol. The van der Waals surface area contributed by atoms with E-state index in [1.165, 1.54) is 0 Å². The number of carbonyl (C=O) groups is 3. The lowest BCUT2D eigenvalue weighted by Crippen LogP contribution is -2.47. The Morgan fingerprint density at radius 2 is 2.04 bits per heavy atom. The van der Waals surface area contributed by atoms with Gasteiger partial charge in [-0.15, -0.1) is 6.42 Å². The number of carboxylic acids is 1. The summed E-state index contributed by atoms with van der Waals surface area (Å²) in [7, 11) is 0. The van der Waals surface area contributed by atoms with E-state index in [0.29, 0.717) is 19.5 Å². The number of hydrogen-bond donors (Lipinski definition) is 3. The predicted octanol–water partition coefficient (Wildman–Crippen LogP) is -0.556. The zero-order chi connectivity index (χ0) is 18.9. The van der Waals surface area contributed by atoms with Crippen LogP contribution in [0.5, 0.6) is 0 Å². The fourth-order valence-corrected chi connectivity index (χ4v) is 3.22. The van der Waals surface area contributed by atoms with E-state index < -0.39 is 11.9 Å². The third kappa shape index (κ3) is 6.00. The Bertz CT molecular complexity index is 554. The lowest BCUT2D eigenvalue weighted by Gasteiger charge is -2.32. The highest BCUT2D eigenvalue weighted by atomic mass is 16.5.